The molecule has 0 unspecified atom stereocenters. The van der Waals surface area contributed by atoms with Gasteiger partial charge in [0.15, 0.2) is 0 Å². The molecule has 0 radical (unpaired) electrons. The summed E-state index contributed by atoms with van der Waals surface area (Å²) < 4.78 is 7.09. The highest BCUT2D eigenvalue weighted by molar-refractivity contribution is 6.94. The fourth-order valence-corrected chi connectivity index (χ4v) is 10.2. The second-order valence-electron chi connectivity index (χ2n) is 19.5. The lowest BCUT2D eigenvalue weighted by atomic mass is 9.43. The van der Waals surface area contributed by atoms with Gasteiger partial charge in [-0.1, -0.05) is 140 Å². The summed E-state index contributed by atoms with van der Waals surface area (Å²) in [7, 11) is 0. The fraction of sp³-hybridized carbons (Fsp3) is 0.222. The van der Waals surface area contributed by atoms with Gasteiger partial charge >= 0.3 is 6.85 Å². The van der Waals surface area contributed by atoms with Crippen LogP contribution in [0.3, 0.4) is 0 Å². The molecule has 3 heterocycles. The molecule has 3 aliphatic rings. The third kappa shape index (κ3) is 4.87. The first kappa shape index (κ1) is 35.2. The molecule has 0 saturated heterocycles. The van der Waals surface area contributed by atoms with E-state index in [-0.39, 0.29) is 23.1 Å². The molecule has 0 saturated carbocycles. The molecule has 0 fully saturated rings. The SMILES string of the molecule is Cc1ccc(N2B3c4cc(C(C)(C)C)ccc4N(c4ccc(C(C)(C)C)cc4)c4cc5c(oc6ccccc65)c(c43)-c3cc4c(cc32)C(C)(C)c2ccccc2-4)cc1. The molecule has 0 spiro atoms. The Hall–Kier alpha value is -6.00. The molecule has 0 N–H and O–H groups in total. The largest absolute Gasteiger partial charge is 0.455 e. The third-order valence-corrected chi connectivity index (χ3v) is 13.4. The summed E-state index contributed by atoms with van der Waals surface area (Å²) in [5.41, 5.74) is 21.9. The summed E-state index contributed by atoms with van der Waals surface area (Å²) in [4.78, 5) is 5.19. The molecular formula is C54H49BN2O. The van der Waals surface area contributed by atoms with Crippen molar-refractivity contribution in [1.82, 2.24) is 0 Å². The summed E-state index contributed by atoms with van der Waals surface area (Å²) in [5.74, 6) is 0. The average Bonchev–Trinajstić information content (AvgIpc) is 3.68. The van der Waals surface area contributed by atoms with Crippen LogP contribution in [0.1, 0.15) is 83.2 Å². The molecule has 0 amide bonds. The van der Waals surface area contributed by atoms with Crippen molar-refractivity contribution in [2.45, 2.75) is 78.6 Å². The van der Waals surface area contributed by atoms with E-state index < -0.39 is 0 Å². The van der Waals surface area contributed by atoms with Crippen LogP contribution in [0.25, 0.3) is 44.2 Å². The van der Waals surface area contributed by atoms with Gasteiger partial charge in [0.25, 0.3) is 0 Å². The van der Waals surface area contributed by atoms with Crippen LogP contribution in [-0.4, -0.2) is 6.85 Å². The second-order valence-corrected chi connectivity index (χ2v) is 19.5. The fourth-order valence-electron chi connectivity index (χ4n) is 10.2. The van der Waals surface area contributed by atoms with Crippen molar-refractivity contribution in [2.75, 3.05) is 9.71 Å². The standard InChI is InChI=1S/C54H49BN2O/c1-32-18-23-36(24-19-32)57-46-31-43-39(37-14-10-12-16-42(37)54(43,8)9)29-41(46)49-50-47(30-40-38-15-11-13-17-48(38)58-51(40)49)56(35-25-20-33(21-26-35)52(2,3)4)45-27-22-34(53(5,6)7)28-44(45)55(50)57/h10-31H,1-9H3. The lowest BCUT2D eigenvalue weighted by molar-refractivity contribution is 0.590. The Morgan fingerprint density at radius 1 is 0.552 bits per heavy atom. The maximum absolute atomic E-state index is 7.09. The van der Waals surface area contributed by atoms with Crippen LogP contribution in [0.2, 0.25) is 0 Å². The number of rotatable bonds is 2. The second kappa shape index (κ2) is 11.8. The van der Waals surface area contributed by atoms with E-state index in [1.54, 1.807) is 0 Å². The number of fused-ring (bicyclic) bond motifs is 11. The first-order valence-corrected chi connectivity index (χ1v) is 20.9. The average molecular weight is 753 g/mol. The summed E-state index contributed by atoms with van der Waals surface area (Å²) in [6.45, 7) is 20.7. The highest BCUT2D eigenvalue weighted by Gasteiger charge is 2.48. The van der Waals surface area contributed by atoms with Crippen LogP contribution in [0.15, 0.2) is 138 Å². The number of benzene rings is 7. The highest BCUT2D eigenvalue weighted by atomic mass is 16.3. The van der Waals surface area contributed by atoms with Crippen molar-refractivity contribution in [3.8, 4) is 22.3 Å². The van der Waals surface area contributed by atoms with Gasteiger partial charge in [-0.3, -0.25) is 0 Å². The van der Waals surface area contributed by atoms with Gasteiger partial charge in [-0.2, -0.15) is 0 Å². The Labute approximate surface area is 343 Å². The van der Waals surface area contributed by atoms with Gasteiger partial charge in [0.05, 0.1) is 0 Å². The molecule has 7 aromatic carbocycles. The van der Waals surface area contributed by atoms with Gasteiger partial charge in [-0.15, -0.1) is 0 Å². The van der Waals surface area contributed by atoms with Crippen molar-refractivity contribution in [3.63, 3.8) is 0 Å². The van der Waals surface area contributed by atoms with Gasteiger partial charge < -0.3 is 14.1 Å². The number of hydrogen-bond acceptors (Lipinski definition) is 3. The summed E-state index contributed by atoms with van der Waals surface area (Å²) in [6, 6.07) is 50.7. The summed E-state index contributed by atoms with van der Waals surface area (Å²) >= 11 is 0. The van der Waals surface area contributed by atoms with Crippen molar-refractivity contribution in [3.05, 3.63) is 161 Å². The Bertz CT molecular complexity index is 3010. The van der Waals surface area contributed by atoms with Crippen molar-refractivity contribution < 1.29 is 4.42 Å². The van der Waals surface area contributed by atoms with E-state index in [4.69, 9.17) is 4.42 Å². The van der Waals surface area contributed by atoms with Crippen LogP contribution in [0.4, 0.5) is 28.4 Å². The van der Waals surface area contributed by atoms with Crippen molar-refractivity contribution in [1.29, 1.82) is 0 Å². The van der Waals surface area contributed by atoms with Crippen LogP contribution in [0.5, 0.6) is 0 Å². The lowest BCUT2D eigenvalue weighted by Crippen LogP contribution is -2.61. The van der Waals surface area contributed by atoms with Crippen molar-refractivity contribution >= 4 is 68.1 Å². The summed E-state index contributed by atoms with van der Waals surface area (Å²) in [5, 5.41) is 2.28. The minimum absolute atomic E-state index is 0.0437. The zero-order valence-electron chi connectivity index (χ0n) is 35.1. The molecular weight excluding hydrogens is 703 g/mol. The molecule has 1 aromatic heterocycles. The number of furan rings is 1. The zero-order valence-corrected chi connectivity index (χ0v) is 35.1. The minimum Gasteiger partial charge on any atom is -0.455 e. The number of para-hydroxylation sites is 1. The smallest absolute Gasteiger partial charge is 0.333 e. The lowest BCUT2D eigenvalue weighted by Gasteiger charge is -2.46. The van der Waals surface area contributed by atoms with E-state index >= 15 is 0 Å². The molecule has 0 bridgehead atoms. The monoisotopic (exact) mass is 752 g/mol. The predicted octanol–water partition coefficient (Wildman–Crippen LogP) is 13.5. The molecule has 1 aliphatic carbocycles. The van der Waals surface area contributed by atoms with Gasteiger partial charge in [0.2, 0.25) is 0 Å². The quantitative estimate of drug-likeness (QED) is 0.164. The topological polar surface area (TPSA) is 19.6 Å². The molecule has 284 valence electrons. The van der Waals surface area contributed by atoms with Gasteiger partial charge in [-0.25, -0.2) is 0 Å². The van der Waals surface area contributed by atoms with Gasteiger partial charge in [0.1, 0.15) is 11.2 Å². The Balaban J connectivity index is 1.32. The van der Waals surface area contributed by atoms with Crippen LogP contribution in [0, 0.1) is 6.92 Å². The molecule has 4 heteroatoms. The Morgan fingerprint density at radius 2 is 1.22 bits per heavy atom. The van der Waals surface area contributed by atoms with E-state index in [2.05, 4.69) is 205 Å². The Morgan fingerprint density at radius 3 is 1.97 bits per heavy atom. The van der Waals surface area contributed by atoms with Gasteiger partial charge in [0, 0.05) is 55.8 Å². The first-order chi connectivity index (χ1) is 27.7. The van der Waals surface area contributed by atoms with E-state index in [1.165, 1.54) is 83.7 Å². The van der Waals surface area contributed by atoms with E-state index in [0.717, 1.165) is 27.6 Å². The van der Waals surface area contributed by atoms with E-state index in [0.29, 0.717) is 0 Å². The van der Waals surface area contributed by atoms with Crippen LogP contribution in [-0.2, 0) is 16.2 Å². The number of aryl methyl sites for hydroxylation is 1. The van der Waals surface area contributed by atoms with Crippen LogP contribution < -0.4 is 20.6 Å². The third-order valence-electron chi connectivity index (χ3n) is 13.4. The highest BCUT2D eigenvalue weighted by Crippen LogP contribution is 2.56. The van der Waals surface area contributed by atoms with E-state index in [1.807, 2.05) is 0 Å². The number of nitrogens with zero attached hydrogens (tertiary/aromatic N) is 2. The molecule has 8 aromatic rings. The molecule has 11 rings (SSSR count). The maximum Gasteiger partial charge on any atom is 0.333 e. The van der Waals surface area contributed by atoms with E-state index in [9.17, 15) is 0 Å². The number of anilines is 5. The first-order valence-electron chi connectivity index (χ1n) is 20.9. The molecule has 2 aliphatic heterocycles. The molecule has 3 nitrogen and oxygen atoms in total. The Kier molecular flexibility index (Phi) is 7.15. The minimum atomic E-state index is -0.156. The molecule has 58 heavy (non-hydrogen) atoms. The normalized spacial score (nSPS) is 15.0. The maximum atomic E-state index is 7.09. The predicted molar refractivity (Wildman–Crippen MR) is 247 cm³/mol. The van der Waals surface area contributed by atoms with Gasteiger partial charge in [-0.05, 0) is 117 Å². The summed E-state index contributed by atoms with van der Waals surface area (Å²) in [6.07, 6.45) is 0. The zero-order chi connectivity index (χ0) is 40.0. The van der Waals surface area contributed by atoms with Crippen molar-refractivity contribution in [2.24, 2.45) is 0 Å². The van der Waals surface area contributed by atoms with Crippen LogP contribution >= 0.6 is 0 Å². The number of hydrogen-bond donors (Lipinski definition) is 0. The molecule has 0 atom stereocenters.